The molecule has 1 atom stereocenters. The summed E-state index contributed by atoms with van der Waals surface area (Å²) >= 11 is 0. The Labute approximate surface area is 59.5 Å². The van der Waals surface area contributed by atoms with Gasteiger partial charge in [-0.15, -0.1) is 0 Å². The Kier molecular flexibility index (Phi) is 3.34. The number of hydrogen-bond acceptors (Lipinski definition) is 4. The Morgan fingerprint density at radius 3 is 2.10 bits per heavy atom. The lowest BCUT2D eigenvalue weighted by Crippen LogP contribution is -2.25. The molecule has 0 aliphatic rings. The lowest BCUT2D eigenvalue weighted by molar-refractivity contribution is 0.416. The van der Waals surface area contributed by atoms with E-state index in [4.69, 9.17) is 4.55 Å². The second-order valence-corrected chi connectivity index (χ2v) is 5.73. The quantitative estimate of drug-likeness (QED) is 0.355. The molecule has 2 N–H and O–H groups in total. The van der Waals surface area contributed by atoms with E-state index in [0.29, 0.717) is 0 Å². The zero-order valence-electron chi connectivity index (χ0n) is 5.47. The minimum Gasteiger partial charge on any atom is -0.247 e. The first-order chi connectivity index (χ1) is 4.39. The van der Waals surface area contributed by atoms with Crippen LogP contribution in [0.15, 0.2) is 0 Å². The summed E-state index contributed by atoms with van der Waals surface area (Å²) < 4.78 is 39.8. The average Bonchev–Trinajstić information content (AvgIpc) is 1.83. The Bertz CT molecular complexity index is 223. The van der Waals surface area contributed by atoms with Gasteiger partial charge in [-0.1, -0.05) is 0 Å². The summed E-state index contributed by atoms with van der Waals surface area (Å²) in [5, 5.41) is 0. The largest absolute Gasteiger partial charge is 0.609 e. The summed E-state index contributed by atoms with van der Waals surface area (Å²) in [6, 6.07) is 0. The van der Waals surface area contributed by atoms with E-state index in [-0.39, 0.29) is 0 Å². The highest BCUT2D eigenvalue weighted by molar-refractivity contribution is 8.42. The number of rotatable bonds is 3. The summed E-state index contributed by atoms with van der Waals surface area (Å²) in [7, 11) is -4.59. The smallest absolute Gasteiger partial charge is 0.247 e. The molecule has 0 aromatic rings. The Balaban J connectivity index is 4.40. The van der Waals surface area contributed by atoms with Crippen molar-refractivity contribution in [2.45, 2.75) is 0 Å². The first-order valence-electron chi connectivity index (χ1n) is 2.25. The van der Waals surface area contributed by atoms with Crippen LogP contribution >= 0.6 is 7.15 Å². The Morgan fingerprint density at radius 1 is 1.60 bits per heavy atom. The van der Waals surface area contributed by atoms with Gasteiger partial charge in [-0.3, -0.25) is 0 Å². The standard InChI is InChI=1S/C2H7N2O4PS/c1-3-4(2)9(5)10(6,7)8/h3H,1-2H3/p+1. The van der Waals surface area contributed by atoms with E-state index >= 15 is 0 Å². The molecule has 0 aromatic carbocycles. The van der Waals surface area contributed by atoms with Crippen molar-refractivity contribution in [3.63, 3.8) is 0 Å². The third-order valence-electron chi connectivity index (χ3n) is 0.766. The summed E-state index contributed by atoms with van der Waals surface area (Å²) in [6.45, 7) is 0. The Hall–Kier alpha value is -0.0700. The fourth-order valence-electron chi connectivity index (χ4n) is 0.236. The van der Waals surface area contributed by atoms with Crippen molar-refractivity contribution < 1.29 is 17.5 Å². The predicted octanol–water partition coefficient (Wildman–Crippen LogP) is -0.402. The van der Waals surface area contributed by atoms with Gasteiger partial charge in [0.05, 0.1) is 7.05 Å². The molecule has 0 saturated carbocycles. The van der Waals surface area contributed by atoms with Crippen molar-refractivity contribution in [3.8, 4) is 0 Å². The van der Waals surface area contributed by atoms with Crippen LogP contribution in [0.2, 0.25) is 0 Å². The fourth-order valence-corrected chi connectivity index (χ4v) is 1.88. The maximum atomic E-state index is 10.6. The van der Waals surface area contributed by atoms with E-state index in [9.17, 15) is 13.0 Å². The van der Waals surface area contributed by atoms with Gasteiger partial charge < -0.3 is 0 Å². The van der Waals surface area contributed by atoms with E-state index in [2.05, 4.69) is 5.43 Å². The molecule has 8 heteroatoms. The van der Waals surface area contributed by atoms with E-state index in [1.165, 1.54) is 14.1 Å². The molecule has 0 bridgehead atoms. The number of hydrazine groups is 1. The van der Waals surface area contributed by atoms with E-state index in [1.54, 1.807) is 0 Å². The first kappa shape index (κ1) is 9.93. The number of nitrogens with zero attached hydrogens (tertiary/aromatic N) is 1. The molecule has 0 radical (unpaired) electrons. The molecule has 0 saturated heterocycles. The lowest BCUT2D eigenvalue weighted by Gasteiger charge is -1.96. The monoisotopic (exact) mass is 187 g/mol. The van der Waals surface area contributed by atoms with E-state index in [1.807, 2.05) is 0 Å². The normalized spacial score (nSPS) is 13.8. The van der Waals surface area contributed by atoms with Gasteiger partial charge in [0.25, 0.3) is 0 Å². The molecule has 10 heavy (non-hydrogen) atoms. The number of nitrogens with one attached hydrogen (secondary N) is 1. The topological polar surface area (TPSA) is 86.7 Å². The molecule has 6 nitrogen and oxygen atoms in total. The van der Waals surface area contributed by atoms with Crippen LogP contribution in [0.5, 0.6) is 0 Å². The van der Waals surface area contributed by atoms with Crippen LogP contribution in [0.1, 0.15) is 0 Å². The van der Waals surface area contributed by atoms with Crippen molar-refractivity contribution in [2.24, 2.45) is 0 Å². The van der Waals surface area contributed by atoms with Crippen LogP contribution in [-0.2, 0) is 14.3 Å². The van der Waals surface area contributed by atoms with Crippen molar-refractivity contribution in [1.29, 1.82) is 0 Å². The van der Waals surface area contributed by atoms with Crippen LogP contribution in [-0.4, -0.2) is 31.8 Å². The molecule has 60 valence electrons. The van der Waals surface area contributed by atoms with Gasteiger partial charge in [-0.05, 0) is 9.34 Å². The second-order valence-electron chi connectivity index (χ2n) is 1.43. The third-order valence-corrected chi connectivity index (χ3v) is 3.77. The zero-order valence-corrected chi connectivity index (χ0v) is 7.19. The van der Waals surface area contributed by atoms with Crippen LogP contribution in [0.3, 0.4) is 0 Å². The molecule has 0 aromatic heterocycles. The molecule has 1 unspecified atom stereocenters. The van der Waals surface area contributed by atoms with Crippen molar-refractivity contribution >= 4 is 16.9 Å². The molecule has 0 aliphatic carbocycles. The highest BCUT2D eigenvalue weighted by Gasteiger charge is 2.39. The first-order valence-corrected chi connectivity index (χ1v) is 5.51. The molecule has 0 amide bonds. The van der Waals surface area contributed by atoms with Crippen LogP contribution in [0.25, 0.3) is 0 Å². The summed E-state index contributed by atoms with van der Waals surface area (Å²) in [5.74, 6) is 0. The van der Waals surface area contributed by atoms with Gasteiger partial charge in [0.15, 0.2) is 0 Å². The highest BCUT2D eigenvalue weighted by Crippen LogP contribution is 2.29. The van der Waals surface area contributed by atoms with Gasteiger partial charge in [0, 0.05) is 7.05 Å². The van der Waals surface area contributed by atoms with Crippen molar-refractivity contribution in [2.75, 3.05) is 14.1 Å². The summed E-state index contributed by atoms with van der Waals surface area (Å²) in [4.78, 5) is 0. The lowest BCUT2D eigenvalue weighted by atomic mass is 11.4. The third kappa shape index (κ3) is 2.68. The molecule has 0 aliphatic heterocycles. The highest BCUT2D eigenvalue weighted by atomic mass is 32.8. The maximum absolute atomic E-state index is 10.6. The number of hydrogen-bond donors (Lipinski definition) is 2. The van der Waals surface area contributed by atoms with Crippen LogP contribution in [0, 0.1) is 0 Å². The maximum Gasteiger partial charge on any atom is 0.609 e. The summed E-state index contributed by atoms with van der Waals surface area (Å²) in [5.41, 5.74) is 2.28. The van der Waals surface area contributed by atoms with Gasteiger partial charge in [-0.25, -0.2) is 9.98 Å². The minimum atomic E-state index is -4.44. The Morgan fingerprint density at radius 2 is 2.00 bits per heavy atom. The molecule has 0 fully saturated rings. The second kappa shape index (κ2) is 3.36. The van der Waals surface area contributed by atoms with E-state index in [0.717, 1.165) is 4.78 Å². The average molecular weight is 187 g/mol. The van der Waals surface area contributed by atoms with Gasteiger partial charge in [0.1, 0.15) is 0 Å². The SMILES string of the molecule is CNN(C)[P+](=O)S(=O)(=O)O. The summed E-state index contributed by atoms with van der Waals surface area (Å²) in [6.07, 6.45) is 0. The molecule has 0 spiro atoms. The minimum absolute atomic E-state index is 0.796. The van der Waals surface area contributed by atoms with Gasteiger partial charge >= 0.3 is 16.9 Å². The van der Waals surface area contributed by atoms with Crippen molar-refractivity contribution in [1.82, 2.24) is 10.2 Å². The van der Waals surface area contributed by atoms with Crippen molar-refractivity contribution in [3.05, 3.63) is 0 Å². The predicted molar refractivity (Wildman–Crippen MR) is 36.0 cm³/mol. The molecular formula is C2H8N2O4PS+. The van der Waals surface area contributed by atoms with E-state index < -0.39 is 16.9 Å². The molecular weight excluding hydrogens is 179 g/mol. The van der Waals surface area contributed by atoms with Gasteiger partial charge in [0.2, 0.25) is 0 Å². The fraction of sp³-hybridized carbons (Fsp3) is 1.00. The molecule has 0 rings (SSSR count). The van der Waals surface area contributed by atoms with Crippen LogP contribution < -0.4 is 5.43 Å². The van der Waals surface area contributed by atoms with Crippen LogP contribution in [0.4, 0.5) is 0 Å². The molecule has 0 heterocycles. The zero-order chi connectivity index (χ0) is 8.36. The van der Waals surface area contributed by atoms with Gasteiger partial charge in [-0.2, -0.15) is 8.42 Å².